The van der Waals surface area contributed by atoms with Crippen LogP contribution in [0.2, 0.25) is 0 Å². The maximum atomic E-state index is 9.31. The molecule has 0 saturated heterocycles. The third-order valence-electron chi connectivity index (χ3n) is 2.11. The third kappa shape index (κ3) is 5.22. The van der Waals surface area contributed by atoms with Gasteiger partial charge >= 0.3 is 0 Å². The quantitative estimate of drug-likeness (QED) is 0.250. The van der Waals surface area contributed by atoms with E-state index in [9.17, 15) is 4.79 Å². The molecule has 0 fully saturated rings. The second-order valence-corrected chi connectivity index (χ2v) is 3.91. The van der Waals surface area contributed by atoms with Crippen molar-refractivity contribution in [3.63, 3.8) is 0 Å². The fourth-order valence-corrected chi connectivity index (χ4v) is 1.63. The highest BCUT2D eigenvalue weighted by molar-refractivity contribution is 7.79. The maximum absolute atomic E-state index is 9.31. The highest BCUT2D eigenvalue weighted by Crippen LogP contribution is 2.23. The van der Waals surface area contributed by atoms with Gasteiger partial charge in [-0.15, -0.1) is 0 Å². The van der Waals surface area contributed by atoms with Crippen LogP contribution in [-0.4, -0.2) is 25.5 Å². The Kier molecular flexibility index (Phi) is 7.86. The van der Waals surface area contributed by atoms with Crippen molar-refractivity contribution in [1.29, 1.82) is 0 Å². The van der Waals surface area contributed by atoms with E-state index in [2.05, 4.69) is 19.2 Å². The van der Waals surface area contributed by atoms with Crippen molar-refractivity contribution in [2.24, 2.45) is 11.7 Å². The van der Waals surface area contributed by atoms with Crippen LogP contribution in [-0.2, 0) is 10.5 Å². The lowest BCUT2D eigenvalue weighted by Crippen LogP contribution is -2.26. The van der Waals surface area contributed by atoms with Gasteiger partial charge in [-0.2, -0.15) is 12.6 Å². The standard InChI is InChI=1S/C10H14N2S.C2H6N2O/c1-3-8-5-4-6-10(12(2)11)9(8)7-13;1-4(3)2-5/h3-6,13H,1,7,11H2,2H3;2H,3H2,1H3. The predicted molar refractivity (Wildman–Crippen MR) is 79.8 cm³/mol. The molecule has 100 valence electrons. The highest BCUT2D eigenvalue weighted by atomic mass is 32.1. The van der Waals surface area contributed by atoms with Crippen LogP contribution in [0.3, 0.4) is 0 Å². The molecule has 0 atom stereocenters. The smallest absolute Gasteiger partial charge is 0.223 e. The van der Waals surface area contributed by atoms with E-state index >= 15 is 0 Å². The molecule has 5 nitrogen and oxygen atoms in total. The van der Waals surface area contributed by atoms with Crippen molar-refractivity contribution in [3.8, 4) is 0 Å². The first-order valence-electron chi connectivity index (χ1n) is 5.24. The fourth-order valence-electron chi connectivity index (χ4n) is 1.29. The van der Waals surface area contributed by atoms with Gasteiger partial charge < -0.3 is 5.01 Å². The van der Waals surface area contributed by atoms with Crippen LogP contribution >= 0.6 is 12.6 Å². The first-order valence-corrected chi connectivity index (χ1v) is 5.87. The second kappa shape index (κ2) is 8.57. The monoisotopic (exact) mass is 268 g/mol. The molecule has 4 N–H and O–H groups in total. The lowest BCUT2D eigenvalue weighted by atomic mass is 10.1. The number of carbonyl (C=O) groups is 1. The lowest BCUT2D eigenvalue weighted by molar-refractivity contribution is -0.117. The summed E-state index contributed by atoms with van der Waals surface area (Å²) in [6, 6.07) is 5.94. The summed E-state index contributed by atoms with van der Waals surface area (Å²) in [4.78, 5) is 9.31. The summed E-state index contributed by atoms with van der Waals surface area (Å²) in [6.07, 6.45) is 2.35. The Morgan fingerprint density at radius 1 is 1.39 bits per heavy atom. The molecule has 0 aliphatic heterocycles. The first kappa shape index (κ1) is 16.5. The Balaban J connectivity index is 0.000000494. The Morgan fingerprint density at radius 3 is 2.28 bits per heavy atom. The van der Waals surface area contributed by atoms with Crippen molar-refractivity contribution >= 4 is 30.8 Å². The summed E-state index contributed by atoms with van der Waals surface area (Å²) in [5, 5.41) is 2.54. The topological polar surface area (TPSA) is 75.6 Å². The van der Waals surface area contributed by atoms with Crippen LogP contribution in [0.4, 0.5) is 5.69 Å². The molecule has 0 aliphatic rings. The van der Waals surface area contributed by atoms with Gasteiger partial charge in [0.1, 0.15) is 0 Å². The van der Waals surface area contributed by atoms with Crippen molar-refractivity contribution in [2.45, 2.75) is 5.75 Å². The number of benzene rings is 1. The zero-order valence-electron chi connectivity index (χ0n) is 10.7. The maximum Gasteiger partial charge on any atom is 0.223 e. The predicted octanol–water partition coefficient (Wildman–Crippen LogP) is 1.02. The number of nitrogens with two attached hydrogens (primary N) is 2. The minimum Gasteiger partial charge on any atom is -0.314 e. The molecule has 0 saturated carbocycles. The van der Waals surface area contributed by atoms with Crippen LogP contribution < -0.4 is 16.7 Å². The Morgan fingerprint density at radius 2 is 1.94 bits per heavy atom. The summed E-state index contributed by atoms with van der Waals surface area (Å²) in [6.45, 7) is 3.75. The van der Waals surface area contributed by atoms with Gasteiger partial charge in [0, 0.05) is 19.8 Å². The van der Waals surface area contributed by atoms with Gasteiger partial charge in [0.25, 0.3) is 0 Å². The van der Waals surface area contributed by atoms with E-state index in [0.29, 0.717) is 12.2 Å². The lowest BCUT2D eigenvalue weighted by Gasteiger charge is -2.17. The average molecular weight is 268 g/mol. The van der Waals surface area contributed by atoms with Crippen molar-refractivity contribution < 1.29 is 4.79 Å². The molecule has 1 aromatic carbocycles. The molecular formula is C12H20N4OS. The molecule has 0 aromatic heterocycles. The van der Waals surface area contributed by atoms with Crippen LogP contribution in [0.5, 0.6) is 0 Å². The van der Waals surface area contributed by atoms with Crippen LogP contribution in [0, 0.1) is 0 Å². The van der Waals surface area contributed by atoms with Gasteiger partial charge in [-0.05, 0) is 17.2 Å². The molecule has 0 radical (unpaired) electrons. The summed E-state index contributed by atoms with van der Waals surface area (Å²) in [5.41, 5.74) is 3.20. The number of thiol groups is 1. The molecule has 18 heavy (non-hydrogen) atoms. The van der Waals surface area contributed by atoms with Crippen LogP contribution in [0.25, 0.3) is 6.08 Å². The molecule has 0 bridgehead atoms. The number of anilines is 1. The van der Waals surface area contributed by atoms with E-state index in [1.54, 1.807) is 5.01 Å². The zero-order valence-corrected chi connectivity index (χ0v) is 11.6. The summed E-state index contributed by atoms with van der Waals surface area (Å²) < 4.78 is 0. The average Bonchev–Trinajstić information content (AvgIpc) is 2.38. The number of carbonyl (C=O) groups excluding carboxylic acids is 1. The third-order valence-corrected chi connectivity index (χ3v) is 2.43. The minimum atomic E-state index is 0.528. The molecule has 0 heterocycles. The van der Waals surface area contributed by atoms with E-state index in [0.717, 1.165) is 21.8 Å². The van der Waals surface area contributed by atoms with Gasteiger partial charge in [-0.25, -0.2) is 11.7 Å². The molecule has 1 rings (SSSR count). The largest absolute Gasteiger partial charge is 0.314 e. The normalized spacial score (nSPS) is 8.94. The van der Waals surface area contributed by atoms with Crippen LogP contribution in [0.1, 0.15) is 11.1 Å². The van der Waals surface area contributed by atoms with Crippen LogP contribution in [0.15, 0.2) is 24.8 Å². The summed E-state index contributed by atoms with van der Waals surface area (Å²) >= 11 is 4.27. The number of nitrogens with zero attached hydrogens (tertiary/aromatic N) is 2. The van der Waals surface area contributed by atoms with Crippen molar-refractivity contribution in [1.82, 2.24) is 5.01 Å². The number of hydrogen-bond acceptors (Lipinski definition) is 5. The van der Waals surface area contributed by atoms with Gasteiger partial charge in [-0.3, -0.25) is 9.80 Å². The molecule has 0 spiro atoms. The minimum absolute atomic E-state index is 0.528. The highest BCUT2D eigenvalue weighted by Gasteiger charge is 2.05. The SMILES string of the molecule is C=Cc1cccc(N(C)N)c1CS.CN(N)C=O. The van der Waals surface area contributed by atoms with Crippen molar-refractivity contribution in [2.75, 3.05) is 19.1 Å². The van der Waals surface area contributed by atoms with E-state index in [-0.39, 0.29) is 0 Å². The van der Waals surface area contributed by atoms with Crippen molar-refractivity contribution in [3.05, 3.63) is 35.9 Å². The zero-order chi connectivity index (χ0) is 14.1. The summed E-state index contributed by atoms with van der Waals surface area (Å²) in [7, 11) is 3.28. The van der Waals surface area contributed by atoms with Gasteiger partial charge in [0.15, 0.2) is 0 Å². The molecular weight excluding hydrogens is 248 g/mol. The van der Waals surface area contributed by atoms with Gasteiger partial charge in [0.05, 0.1) is 5.69 Å². The number of amides is 1. The van der Waals surface area contributed by atoms with E-state index < -0.39 is 0 Å². The Hall–Kier alpha value is -1.50. The molecule has 0 aliphatic carbocycles. The fraction of sp³-hybridized carbons (Fsp3) is 0.250. The van der Waals surface area contributed by atoms with Gasteiger partial charge in [0.2, 0.25) is 6.41 Å². The van der Waals surface area contributed by atoms with E-state index in [4.69, 9.17) is 11.7 Å². The van der Waals surface area contributed by atoms with Gasteiger partial charge in [-0.1, -0.05) is 24.8 Å². The van der Waals surface area contributed by atoms with E-state index in [1.807, 2.05) is 31.3 Å². The molecule has 1 aromatic rings. The first-order chi connectivity index (χ1) is 8.47. The molecule has 6 heteroatoms. The Bertz CT molecular complexity index is 394. The number of hydrogen-bond donors (Lipinski definition) is 3. The Labute approximate surface area is 113 Å². The van der Waals surface area contributed by atoms with E-state index in [1.165, 1.54) is 7.05 Å². The molecule has 0 unspecified atom stereocenters. The second-order valence-electron chi connectivity index (χ2n) is 3.59. The number of hydrazine groups is 2. The molecule has 1 amide bonds. The number of rotatable bonds is 4. The summed E-state index contributed by atoms with van der Waals surface area (Å²) in [5.74, 6) is 11.1.